The molecular formula is C25H19NO5. The molecule has 0 radical (unpaired) electrons. The van der Waals surface area contributed by atoms with Crippen molar-refractivity contribution >= 4 is 17.6 Å². The third-order valence-corrected chi connectivity index (χ3v) is 6.14. The normalized spacial score (nSPS) is 18.3. The molecule has 2 N–H and O–H groups in total. The molecule has 0 aromatic heterocycles. The number of fused-ring (bicyclic) bond motifs is 2. The van der Waals surface area contributed by atoms with Gasteiger partial charge in [-0.15, -0.1) is 0 Å². The van der Waals surface area contributed by atoms with E-state index in [9.17, 15) is 24.6 Å². The molecule has 2 amide bonds. The first-order valence-corrected chi connectivity index (χ1v) is 10.0. The minimum absolute atomic E-state index is 0.00524. The second-order valence-electron chi connectivity index (χ2n) is 7.90. The molecule has 1 saturated heterocycles. The number of phenols is 2. The van der Waals surface area contributed by atoms with Gasteiger partial charge in [-0.25, -0.2) is 0 Å². The van der Waals surface area contributed by atoms with Crippen LogP contribution in [-0.4, -0.2) is 32.7 Å². The topological polar surface area (TPSA) is 94.9 Å². The van der Waals surface area contributed by atoms with Crippen molar-refractivity contribution in [2.75, 3.05) is 0 Å². The van der Waals surface area contributed by atoms with E-state index in [0.717, 1.165) is 5.56 Å². The molecule has 0 bridgehead atoms. The SMILES string of the molecule is O=C1c2c(O)cccc2C([C@@H]2CC(=O)N(Cc3ccccc3)C2=O)c2cccc(O)c21. The van der Waals surface area contributed by atoms with Crippen molar-refractivity contribution in [2.24, 2.45) is 5.92 Å². The molecule has 0 saturated carbocycles. The lowest BCUT2D eigenvalue weighted by atomic mass is 9.70. The first kappa shape index (κ1) is 19.1. The van der Waals surface area contributed by atoms with Gasteiger partial charge in [0.15, 0.2) is 0 Å². The first-order chi connectivity index (χ1) is 15.0. The summed E-state index contributed by atoms with van der Waals surface area (Å²) in [7, 11) is 0. The maximum atomic E-state index is 13.4. The zero-order chi connectivity index (χ0) is 21.7. The molecule has 5 rings (SSSR count). The quantitative estimate of drug-likeness (QED) is 0.642. The van der Waals surface area contributed by atoms with Crippen molar-refractivity contribution in [3.8, 4) is 11.5 Å². The monoisotopic (exact) mass is 413 g/mol. The van der Waals surface area contributed by atoms with Crippen LogP contribution in [0.15, 0.2) is 66.7 Å². The fourth-order valence-corrected chi connectivity index (χ4v) is 4.76. The lowest BCUT2D eigenvalue weighted by Gasteiger charge is -2.31. The Kier molecular flexibility index (Phi) is 4.36. The number of rotatable bonds is 3. The summed E-state index contributed by atoms with van der Waals surface area (Å²) in [6.07, 6.45) is -0.00524. The van der Waals surface area contributed by atoms with Crippen LogP contribution in [0.25, 0.3) is 0 Å². The summed E-state index contributed by atoms with van der Waals surface area (Å²) in [5, 5.41) is 20.8. The van der Waals surface area contributed by atoms with Crippen molar-refractivity contribution in [3.05, 3.63) is 94.5 Å². The molecule has 6 nitrogen and oxygen atoms in total. The average molecular weight is 413 g/mol. The van der Waals surface area contributed by atoms with E-state index in [-0.39, 0.29) is 47.4 Å². The minimum atomic E-state index is -0.731. The van der Waals surface area contributed by atoms with Crippen molar-refractivity contribution in [1.29, 1.82) is 0 Å². The molecule has 1 aliphatic heterocycles. The van der Waals surface area contributed by atoms with Gasteiger partial charge in [0.2, 0.25) is 17.6 Å². The van der Waals surface area contributed by atoms with E-state index >= 15 is 0 Å². The van der Waals surface area contributed by atoms with Crippen LogP contribution in [0.3, 0.4) is 0 Å². The maximum absolute atomic E-state index is 13.4. The van der Waals surface area contributed by atoms with Gasteiger partial charge >= 0.3 is 0 Å². The predicted molar refractivity (Wildman–Crippen MR) is 112 cm³/mol. The molecule has 154 valence electrons. The van der Waals surface area contributed by atoms with Crippen LogP contribution in [-0.2, 0) is 16.1 Å². The summed E-state index contributed by atoms with van der Waals surface area (Å²) < 4.78 is 0. The number of benzene rings is 3. The highest BCUT2D eigenvalue weighted by Gasteiger charge is 2.48. The molecule has 1 aliphatic carbocycles. The number of phenolic OH excluding ortho intramolecular Hbond substituents is 2. The van der Waals surface area contributed by atoms with Crippen LogP contribution in [0.1, 0.15) is 45.0 Å². The smallest absolute Gasteiger partial charge is 0.234 e. The summed E-state index contributed by atoms with van der Waals surface area (Å²) in [5.41, 5.74) is 1.98. The highest BCUT2D eigenvalue weighted by atomic mass is 16.3. The van der Waals surface area contributed by atoms with Crippen molar-refractivity contribution in [3.63, 3.8) is 0 Å². The molecule has 31 heavy (non-hydrogen) atoms. The van der Waals surface area contributed by atoms with Gasteiger partial charge in [0.05, 0.1) is 23.6 Å². The van der Waals surface area contributed by atoms with Gasteiger partial charge in [0, 0.05) is 12.3 Å². The van der Waals surface area contributed by atoms with Crippen molar-refractivity contribution < 1.29 is 24.6 Å². The van der Waals surface area contributed by atoms with Crippen molar-refractivity contribution in [1.82, 2.24) is 4.90 Å². The molecule has 3 aromatic rings. The second-order valence-corrected chi connectivity index (χ2v) is 7.90. The van der Waals surface area contributed by atoms with E-state index in [4.69, 9.17) is 0 Å². The zero-order valence-corrected chi connectivity index (χ0v) is 16.5. The number of carbonyl (C=O) groups excluding carboxylic acids is 3. The highest BCUT2D eigenvalue weighted by molar-refractivity contribution is 6.16. The number of amides is 2. The number of imide groups is 1. The van der Waals surface area contributed by atoms with Gasteiger partial charge < -0.3 is 10.2 Å². The van der Waals surface area contributed by atoms with Gasteiger partial charge in [-0.2, -0.15) is 0 Å². The van der Waals surface area contributed by atoms with Crippen molar-refractivity contribution in [2.45, 2.75) is 18.9 Å². The van der Waals surface area contributed by atoms with Crippen LogP contribution in [0.4, 0.5) is 0 Å². The van der Waals surface area contributed by atoms with Gasteiger partial charge in [-0.1, -0.05) is 54.6 Å². The van der Waals surface area contributed by atoms with Crippen LogP contribution in [0.2, 0.25) is 0 Å². The van der Waals surface area contributed by atoms with Gasteiger partial charge in [-0.3, -0.25) is 19.3 Å². The van der Waals surface area contributed by atoms with E-state index in [1.54, 1.807) is 24.3 Å². The molecule has 1 fully saturated rings. The summed E-state index contributed by atoms with van der Waals surface area (Å²) >= 11 is 0. The number of likely N-dealkylation sites (tertiary alicyclic amines) is 1. The number of aromatic hydroxyl groups is 2. The molecule has 0 unspecified atom stereocenters. The summed E-state index contributed by atoms with van der Waals surface area (Å²) in [6, 6.07) is 18.7. The number of carbonyl (C=O) groups is 3. The first-order valence-electron chi connectivity index (χ1n) is 10.0. The van der Waals surface area contributed by atoms with Gasteiger partial charge in [-0.05, 0) is 28.8 Å². The summed E-state index contributed by atoms with van der Waals surface area (Å²) in [6.45, 7) is 0.181. The Balaban J connectivity index is 1.61. The Morgan fingerprint density at radius 1 is 0.774 bits per heavy atom. The molecule has 3 aromatic carbocycles. The van der Waals surface area contributed by atoms with E-state index in [1.807, 2.05) is 30.3 Å². The van der Waals surface area contributed by atoms with Crippen LogP contribution in [0.5, 0.6) is 11.5 Å². The third kappa shape index (κ3) is 2.91. The fraction of sp³-hybridized carbons (Fsp3) is 0.160. The second kappa shape index (κ2) is 7.09. The number of hydrogen-bond donors (Lipinski definition) is 2. The number of ketones is 1. The minimum Gasteiger partial charge on any atom is -0.507 e. The Morgan fingerprint density at radius 3 is 1.94 bits per heavy atom. The maximum Gasteiger partial charge on any atom is 0.234 e. The highest BCUT2D eigenvalue weighted by Crippen LogP contribution is 2.48. The summed E-state index contributed by atoms with van der Waals surface area (Å²) in [4.78, 5) is 40.5. The van der Waals surface area contributed by atoms with Crippen LogP contribution < -0.4 is 0 Å². The molecule has 1 heterocycles. The number of nitrogens with zero attached hydrogens (tertiary/aromatic N) is 1. The Morgan fingerprint density at radius 2 is 1.35 bits per heavy atom. The predicted octanol–water partition coefficient (Wildman–Crippen LogP) is 3.35. The number of hydrogen-bond acceptors (Lipinski definition) is 5. The standard InChI is InChI=1S/C25H19NO5/c27-18-10-4-8-15-21(16-9-5-11-19(28)23(16)24(30)22(15)18)17-12-20(29)26(25(17)31)13-14-6-2-1-3-7-14/h1-11,17,21,27-28H,12-13H2/t17-/m0/s1. The molecule has 0 spiro atoms. The lowest BCUT2D eigenvalue weighted by molar-refractivity contribution is -0.140. The molecule has 6 heteroatoms. The van der Waals surface area contributed by atoms with Crippen LogP contribution >= 0.6 is 0 Å². The van der Waals surface area contributed by atoms with E-state index in [1.165, 1.54) is 17.0 Å². The largest absolute Gasteiger partial charge is 0.507 e. The fourth-order valence-electron chi connectivity index (χ4n) is 4.76. The Bertz CT molecular complexity index is 1180. The summed E-state index contributed by atoms with van der Waals surface area (Å²) in [5.74, 6) is -2.87. The average Bonchev–Trinajstić information content (AvgIpc) is 3.03. The van der Waals surface area contributed by atoms with Gasteiger partial charge in [0.1, 0.15) is 11.5 Å². The molecular weight excluding hydrogens is 394 g/mol. The van der Waals surface area contributed by atoms with E-state index < -0.39 is 17.6 Å². The molecule has 2 aliphatic rings. The molecule has 1 atom stereocenters. The van der Waals surface area contributed by atoms with Gasteiger partial charge in [0.25, 0.3) is 0 Å². The Labute approximate surface area is 178 Å². The third-order valence-electron chi connectivity index (χ3n) is 6.14. The zero-order valence-electron chi connectivity index (χ0n) is 16.5. The Hall–Kier alpha value is -3.93. The van der Waals surface area contributed by atoms with E-state index in [2.05, 4.69) is 0 Å². The lowest BCUT2D eigenvalue weighted by Crippen LogP contribution is -2.33. The van der Waals surface area contributed by atoms with E-state index in [0.29, 0.717) is 11.1 Å². The van der Waals surface area contributed by atoms with Crippen LogP contribution in [0, 0.1) is 5.92 Å².